The van der Waals surface area contributed by atoms with Gasteiger partial charge in [0.15, 0.2) is 0 Å². The van der Waals surface area contributed by atoms with Crippen molar-refractivity contribution in [2.45, 2.75) is 46.1 Å². The molecule has 0 amide bonds. The molecule has 15 heavy (non-hydrogen) atoms. The summed E-state index contributed by atoms with van der Waals surface area (Å²) in [4.78, 5) is 11.0. The molecule has 2 unspecified atom stereocenters. The molecular formula is C12H23NO2. The van der Waals surface area contributed by atoms with E-state index < -0.39 is 0 Å². The topological polar surface area (TPSA) is 38.3 Å². The number of carbonyl (C=O) groups is 1. The molecular weight excluding hydrogens is 190 g/mol. The minimum atomic E-state index is -0.174. The monoisotopic (exact) mass is 213 g/mol. The van der Waals surface area contributed by atoms with Gasteiger partial charge in [0.1, 0.15) is 0 Å². The molecule has 0 aliphatic heterocycles. The quantitative estimate of drug-likeness (QED) is 0.728. The van der Waals surface area contributed by atoms with Crippen molar-refractivity contribution in [2.75, 3.05) is 13.7 Å². The number of rotatable bonds is 3. The van der Waals surface area contributed by atoms with Crippen LogP contribution in [0.2, 0.25) is 0 Å². The Hall–Kier alpha value is -0.570. The van der Waals surface area contributed by atoms with Gasteiger partial charge < -0.3 is 10.1 Å². The molecule has 0 heterocycles. The lowest BCUT2D eigenvalue weighted by Crippen LogP contribution is -2.43. The summed E-state index contributed by atoms with van der Waals surface area (Å²) in [6, 6.07) is 0.470. The minimum Gasteiger partial charge on any atom is -0.468 e. The zero-order valence-corrected chi connectivity index (χ0v) is 10.3. The zero-order chi connectivity index (χ0) is 11.5. The van der Waals surface area contributed by atoms with E-state index >= 15 is 0 Å². The summed E-state index contributed by atoms with van der Waals surface area (Å²) in [6.07, 6.45) is 3.62. The van der Waals surface area contributed by atoms with E-state index in [1.54, 1.807) is 0 Å². The maximum absolute atomic E-state index is 11.0. The second-order valence-corrected chi connectivity index (χ2v) is 5.45. The van der Waals surface area contributed by atoms with Crippen LogP contribution in [0.4, 0.5) is 0 Å². The Bertz CT molecular complexity index is 226. The average Bonchev–Trinajstić information content (AvgIpc) is 2.15. The Labute approximate surface area is 92.6 Å². The molecule has 2 atom stereocenters. The molecule has 0 bridgehead atoms. The highest BCUT2D eigenvalue weighted by Gasteiger charge is 2.32. The first-order valence-corrected chi connectivity index (χ1v) is 5.75. The molecule has 3 heteroatoms. The Morgan fingerprint density at radius 2 is 2.20 bits per heavy atom. The zero-order valence-electron chi connectivity index (χ0n) is 10.3. The van der Waals surface area contributed by atoms with Crippen LogP contribution < -0.4 is 5.32 Å². The lowest BCUT2D eigenvalue weighted by molar-refractivity contribution is -0.139. The van der Waals surface area contributed by atoms with E-state index in [9.17, 15) is 4.79 Å². The second kappa shape index (κ2) is 4.97. The van der Waals surface area contributed by atoms with Gasteiger partial charge in [-0.25, -0.2) is 0 Å². The molecule has 88 valence electrons. The maximum atomic E-state index is 11.0. The van der Waals surface area contributed by atoms with Gasteiger partial charge in [-0.3, -0.25) is 4.79 Å². The van der Waals surface area contributed by atoms with Gasteiger partial charge in [0.25, 0.3) is 0 Å². The third-order valence-electron chi connectivity index (χ3n) is 3.43. The summed E-state index contributed by atoms with van der Waals surface area (Å²) < 4.78 is 4.62. The van der Waals surface area contributed by atoms with Crippen molar-refractivity contribution in [3.05, 3.63) is 0 Å². The largest absolute Gasteiger partial charge is 0.468 e. The molecule has 0 aromatic carbocycles. The van der Waals surface area contributed by atoms with Crippen molar-refractivity contribution >= 4 is 5.97 Å². The summed E-state index contributed by atoms with van der Waals surface area (Å²) in [6.45, 7) is 7.24. The van der Waals surface area contributed by atoms with E-state index in [2.05, 4.69) is 30.8 Å². The molecule has 1 aliphatic rings. The van der Waals surface area contributed by atoms with Gasteiger partial charge in [0, 0.05) is 6.04 Å². The summed E-state index contributed by atoms with van der Waals surface area (Å²) >= 11 is 0. The van der Waals surface area contributed by atoms with Gasteiger partial charge >= 0.3 is 5.97 Å². The molecule has 0 aromatic rings. The van der Waals surface area contributed by atoms with Crippen molar-refractivity contribution in [2.24, 2.45) is 11.3 Å². The van der Waals surface area contributed by atoms with Crippen molar-refractivity contribution in [1.82, 2.24) is 5.32 Å². The third kappa shape index (κ3) is 3.82. The van der Waals surface area contributed by atoms with Crippen LogP contribution in [-0.4, -0.2) is 25.7 Å². The lowest BCUT2D eigenvalue weighted by atomic mass is 9.70. The SMILES string of the molecule is COC(=O)CNC1CCC(C)(C)CC1C. The number of ether oxygens (including phenoxy) is 1. The van der Waals surface area contributed by atoms with E-state index in [1.165, 1.54) is 20.0 Å². The first-order chi connectivity index (χ1) is 6.94. The van der Waals surface area contributed by atoms with E-state index in [0.717, 1.165) is 6.42 Å². The van der Waals surface area contributed by atoms with Gasteiger partial charge in [-0.2, -0.15) is 0 Å². The Morgan fingerprint density at radius 1 is 1.53 bits per heavy atom. The first kappa shape index (κ1) is 12.5. The molecule has 1 aliphatic carbocycles. The Morgan fingerprint density at radius 3 is 2.73 bits per heavy atom. The van der Waals surface area contributed by atoms with E-state index in [0.29, 0.717) is 23.9 Å². The van der Waals surface area contributed by atoms with Crippen molar-refractivity contribution in [3.63, 3.8) is 0 Å². The molecule has 1 saturated carbocycles. The third-order valence-corrected chi connectivity index (χ3v) is 3.43. The van der Waals surface area contributed by atoms with Gasteiger partial charge in [-0.15, -0.1) is 0 Å². The van der Waals surface area contributed by atoms with Crippen LogP contribution in [0.5, 0.6) is 0 Å². The molecule has 1 rings (SSSR count). The van der Waals surface area contributed by atoms with E-state index in [-0.39, 0.29) is 5.97 Å². The first-order valence-electron chi connectivity index (χ1n) is 5.75. The molecule has 0 spiro atoms. The molecule has 0 aromatic heterocycles. The van der Waals surface area contributed by atoms with Gasteiger partial charge in [-0.1, -0.05) is 20.8 Å². The summed E-state index contributed by atoms with van der Waals surface area (Å²) in [5.74, 6) is 0.463. The summed E-state index contributed by atoms with van der Waals surface area (Å²) in [7, 11) is 1.43. The van der Waals surface area contributed by atoms with Crippen LogP contribution in [0.15, 0.2) is 0 Å². The van der Waals surface area contributed by atoms with Crippen molar-refractivity contribution in [3.8, 4) is 0 Å². The van der Waals surface area contributed by atoms with Crippen LogP contribution >= 0.6 is 0 Å². The Balaban J connectivity index is 2.35. The highest BCUT2D eigenvalue weighted by atomic mass is 16.5. The smallest absolute Gasteiger partial charge is 0.319 e. The summed E-state index contributed by atoms with van der Waals surface area (Å²) in [5, 5.41) is 3.29. The van der Waals surface area contributed by atoms with Crippen LogP contribution in [0, 0.1) is 11.3 Å². The second-order valence-electron chi connectivity index (χ2n) is 5.45. The normalized spacial score (nSPS) is 29.9. The number of hydrogen-bond donors (Lipinski definition) is 1. The van der Waals surface area contributed by atoms with Crippen LogP contribution in [-0.2, 0) is 9.53 Å². The fourth-order valence-electron chi connectivity index (χ4n) is 2.54. The molecule has 1 N–H and O–H groups in total. The average molecular weight is 213 g/mol. The van der Waals surface area contributed by atoms with Gasteiger partial charge in [0.05, 0.1) is 13.7 Å². The van der Waals surface area contributed by atoms with Gasteiger partial charge in [0.2, 0.25) is 0 Å². The van der Waals surface area contributed by atoms with Crippen LogP contribution in [0.3, 0.4) is 0 Å². The molecule has 3 nitrogen and oxygen atoms in total. The van der Waals surface area contributed by atoms with Crippen LogP contribution in [0.1, 0.15) is 40.0 Å². The lowest BCUT2D eigenvalue weighted by Gasteiger charge is -2.39. The minimum absolute atomic E-state index is 0.174. The number of carbonyl (C=O) groups excluding carboxylic acids is 1. The van der Waals surface area contributed by atoms with E-state index in [4.69, 9.17) is 0 Å². The van der Waals surface area contributed by atoms with Gasteiger partial charge in [-0.05, 0) is 30.6 Å². The maximum Gasteiger partial charge on any atom is 0.319 e. The fraction of sp³-hybridized carbons (Fsp3) is 0.917. The Kier molecular flexibility index (Phi) is 4.14. The molecule has 1 fully saturated rings. The van der Waals surface area contributed by atoms with Crippen molar-refractivity contribution < 1.29 is 9.53 Å². The van der Waals surface area contributed by atoms with E-state index in [1.807, 2.05) is 0 Å². The fourth-order valence-corrected chi connectivity index (χ4v) is 2.54. The molecule has 0 saturated heterocycles. The molecule has 0 radical (unpaired) electrons. The standard InChI is InChI=1S/C12H23NO2/c1-9-7-12(2,3)6-5-10(9)13-8-11(14)15-4/h9-10,13H,5-8H2,1-4H3. The predicted molar refractivity (Wildman–Crippen MR) is 60.6 cm³/mol. The summed E-state index contributed by atoms with van der Waals surface area (Å²) in [5.41, 5.74) is 0.461. The highest BCUT2D eigenvalue weighted by Crippen LogP contribution is 2.38. The number of nitrogens with one attached hydrogen (secondary N) is 1. The van der Waals surface area contributed by atoms with Crippen molar-refractivity contribution in [1.29, 1.82) is 0 Å². The number of esters is 1. The number of methoxy groups -OCH3 is 1. The predicted octanol–water partition coefficient (Wildman–Crippen LogP) is 1.96. The number of hydrogen-bond acceptors (Lipinski definition) is 3. The van der Waals surface area contributed by atoms with Crippen LogP contribution in [0.25, 0.3) is 0 Å². The highest BCUT2D eigenvalue weighted by molar-refractivity contribution is 5.71.